The van der Waals surface area contributed by atoms with Crippen molar-refractivity contribution in [3.05, 3.63) is 58.6 Å². The maximum Gasteiger partial charge on any atom is 0.257 e. The molecule has 1 aliphatic rings. The Morgan fingerprint density at radius 2 is 1.77 bits per heavy atom. The third-order valence-corrected chi connectivity index (χ3v) is 4.28. The molecule has 4 heteroatoms. The number of aryl methyl sites for hydroxylation is 1. The van der Waals surface area contributed by atoms with Crippen LogP contribution in [-0.4, -0.2) is 19.0 Å². The smallest absolute Gasteiger partial charge is 0.257 e. The molecule has 0 saturated carbocycles. The van der Waals surface area contributed by atoms with Crippen LogP contribution in [0.25, 0.3) is 0 Å². The van der Waals surface area contributed by atoms with Gasteiger partial charge in [0.05, 0.1) is 10.6 Å². The molecule has 1 heterocycles. The Bertz CT molecular complexity index is 676. The molecule has 0 bridgehead atoms. The van der Waals surface area contributed by atoms with Crippen LogP contribution in [0.5, 0.6) is 0 Å². The second-order valence-corrected chi connectivity index (χ2v) is 6.09. The number of carbonyl (C=O) groups excluding carboxylic acids is 1. The Kier molecular flexibility index (Phi) is 4.34. The van der Waals surface area contributed by atoms with E-state index in [9.17, 15) is 4.79 Å². The molecule has 1 amide bonds. The third kappa shape index (κ3) is 3.25. The van der Waals surface area contributed by atoms with Gasteiger partial charge in [-0.05, 0) is 61.7 Å². The molecule has 0 aliphatic carbocycles. The van der Waals surface area contributed by atoms with Crippen LogP contribution < -0.4 is 10.2 Å². The number of nitrogens with zero attached hydrogens (tertiary/aromatic N) is 1. The number of hydrogen-bond donors (Lipinski definition) is 1. The normalized spacial score (nSPS) is 14.2. The molecule has 0 unspecified atom stereocenters. The van der Waals surface area contributed by atoms with Crippen LogP contribution in [-0.2, 0) is 0 Å². The van der Waals surface area contributed by atoms with Gasteiger partial charge in [-0.15, -0.1) is 0 Å². The molecule has 0 atom stereocenters. The highest BCUT2D eigenvalue weighted by Crippen LogP contribution is 2.23. The molecule has 3 nitrogen and oxygen atoms in total. The summed E-state index contributed by atoms with van der Waals surface area (Å²) in [6.07, 6.45) is 2.51. The Balaban J connectivity index is 1.71. The number of anilines is 2. The van der Waals surface area contributed by atoms with E-state index in [1.165, 1.54) is 18.5 Å². The molecular formula is C18H19ClN2O. The first-order valence-corrected chi connectivity index (χ1v) is 7.94. The predicted molar refractivity (Wildman–Crippen MR) is 92.0 cm³/mol. The van der Waals surface area contributed by atoms with Gasteiger partial charge >= 0.3 is 0 Å². The zero-order valence-electron chi connectivity index (χ0n) is 12.6. The van der Waals surface area contributed by atoms with E-state index in [-0.39, 0.29) is 5.91 Å². The number of hydrogen-bond acceptors (Lipinski definition) is 2. The van der Waals surface area contributed by atoms with Crippen LogP contribution in [0.2, 0.25) is 5.02 Å². The summed E-state index contributed by atoms with van der Waals surface area (Å²) in [5, 5.41) is 3.37. The lowest BCUT2D eigenvalue weighted by molar-refractivity contribution is 0.102. The highest BCUT2D eigenvalue weighted by atomic mass is 35.5. The van der Waals surface area contributed by atoms with E-state index >= 15 is 0 Å². The molecule has 1 fully saturated rings. The van der Waals surface area contributed by atoms with Crippen molar-refractivity contribution in [3.8, 4) is 0 Å². The summed E-state index contributed by atoms with van der Waals surface area (Å²) in [7, 11) is 0. The minimum Gasteiger partial charge on any atom is -0.372 e. The standard InChI is InChI=1S/C18H19ClN2O/c1-13-4-9-16(17(19)12-13)18(22)20-14-5-7-15(8-6-14)21-10-2-3-11-21/h4-9,12H,2-3,10-11H2,1H3,(H,20,22). The van der Waals surface area contributed by atoms with Gasteiger partial charge in [0, 0.05) is 24.5 Å². The molecule has 114 valence electrons. The van der Waals surface area contributed by atoms with Crippen molar-refractivity contribution >= 4 is 28.9 Å². The second kappa shape index (κ2) is 6.41. The number of carbonyl (C=O) groups is 1. The fourth-order valence-electron chi connectivity index (χ4n) is 2.73. The summed E-state index contributed by atoms with van der Waals surface area (Å²) in [6.45, 7) is 4.18. The first kappa shape index (κ1) is 14.9. The van der Waals surface area contributed by atoms with Gasteiger partial charge in [-0.3, -0.25) is 4.79 Å². The van der Waals surface area contributed by atoms with Crippen LogP contribution in [0.4, 0.5) is 11.4 Å². The van der Waals surface area contributed by atoms with E-state index in [2.05, 4.69) is 22.3 Å². The van der Waals surface area contributed by atoms with Crippen molar-refractivity contribution in [3.63, 3.8) is 0 Å². The van der Waals surface area contributed by atoms with Crippen LogP contribution >= 0.6 is 11.6 Å². The highest BCUT2D eigenvalue weighted by molar-refractivity contribution is 6.34. The monoisotopic (exact) mass is 314 g/mol. The highest BCUT2D eigenvalue weighted by Gasteiger charge is 2.13. The van der Waals surface area contributed by atoms with Crippen molar-refractivity contribution in [2.75, 3.05) is 23.3 Å². The fraction of sp³-hybridized carbons (Fsp3) is 0.278. The molecule has 3 rings (SSSR count). The van der Waals surface area contributed by atoms with Gasteiger partial charge in [-0.25, -0.2) is 0 Å². The third-order valence-electron chi connectivity index (χ3n) is 3.97. The quantitative estimate of drug-likeness (QED) is 0.904. The van der Waals surface area contributed by atoms with Crippen LogP contribution in [0.1, 0.15) is 28.8 Å². The first-order chi connectivity index (χ1) is 10.6. The van der Waals surface area contributed by atoms with Gasteiger partial charge in [0.25, 0.3) is 5.91 Å². The minimum atomic E-state index is -0.182. The lowest BCUT2D eigenvalue weighted by Crippen LogP contribution is -2.17. The van der Waals surface area contributed by atoms with Crippen molar-refractivity contribution in [2.24, 2.45) is 0 Å². The Morgan fingerprint density at radius 3 is 2.41 bits per heavy atom. The summed E-state index contributed by atoms with van der Waals surface area (Å²) >= 11 is 6.13. The lowest BCUT2D eigenvalue weighted by Gasteiger charge is -2.17. The summed E-state index contributed by atoms with van der Waals surface area (Å²) in [5.41, 5.74) is 3.53. The van der Waals surface area contributed by atoms with Gasteiger partial charge in [0.15, 0.2) is 0 Å². The number of rotatable bonds is 3. The summed E-state index contributed by atoms with van der Waals surface area (Å²) < 4.78 is 0. The van der Waals surface area contributed by atoms with E-state index in [1.807, 2.05) is 25.1 Å². The molecule has 0 aromatic heterocycles. The molecule has 0 radical (unpaired) electrons. The van der Waals surface area contributed by atoms with Crippen molar-refractivity contribution in [1.82, 2.24) is 0 Å². The van der Waals surface area contributed by atoms with Crippen LogP contribution in [0.15, 0.2) is 42.5 Å². The van der Waals surface area contributed by atoms with E-state index in [4.69, 9.17) is 11.6 Å². The van der Waals surface area contributed by atoms with Crippen molar-refractivity contribution < 1.29 is 4.79 Å². The lowest BCUT2D eigenvalue weighted by atomic mass is 10.1. The molecule has 0 spiro atoms. The SMILES string of the molecule is Cc1ccc(C(=O)Nc2ccc(N3CCCC3)cc2)c(Cl)c1. The van der Waals surface area contributed by atoms with E-state index < -0.39 is 0 Å². The fourth-order valence-corrected chi connectivity index (χ4v) is 3.05. The van der Waals surface area contributed by atoms with Gasteiger partial charge in [-0.1, -0.05) is 17.7 Å². The first-order valence-electron chi connectivity index (χ1n) is 7.56. The topological polar surface area (TPSA) is 32.3 Å². The molecular weight excluding hydrogens is 296 g/mol. The van der Waals surface area contributed by atoms with Gasteiger partial charge in [0.1, 0.15) is 0 Å². The van der Waals surface area contributed by atoms with Crippen molar-refractivity contribution in [2.45, 2.75) is 19.8 Å². The molecule has 1 aliphatic heterocycles. The Labute approximate surface area is 135 Å². The van der Waals surface area contributed by atoms with E-state index in [0.717, 1.165) is 24.3 Å². The molecule has 1 saturated heterocycles. The Hall–Kier alpha value is -2.00. The number of halogens is 1. The Morgan fingerprint density at radius 1 is 1.09 bits per heavy atom. The van der Waals surface area contributed by atoms with Gasteiger partial charge < -0.3 is 10.2 Å². The van der Waals surface area contributed by atoms with Crippen LogP contribution in [0, 0.1) is 6.92 Å². The van der Waals surface area contributed by atoms with Crippen LogP contribution in [0.3, 0.4) is 0 Å². The van der Waals surface area contributed by atoms with E-state index in [0.29, 0.717) is 10.6 Å². The second-order valence-electron chi connectivity index (χ2n) is 5.68. The van der Waals surface area contributed by atoms with Gasteiger partial charge in [0.2, 0.25) is 0 Å². The average molecular weight is 315 g/mol. The number of benzene rings is 2. The zero-order valence-corrected chi connectivity index (χ0v) is 13.4. The zero-order chi connectivity index (χ0) is 15.5. The molecule has 2 aromatic rings. The predicted octanol–water partition coefficient (Wildman–Crippen LogP) is 4.50. The van der Waals surface area contributed by atoms with E-state index in [1.54, 1.807) is 12.1 Å². The molecule has 1 N–H and O–H groups in total. The summed E-state index contributed by atoms with van der Waals surface area (Å²) in [6, 6.07) is 13.4. The maximum atomic E-state index is 12.3. The minimum absolute atomic E-state index is 0.182. The number of nitrogens with one attached hydrogen (secondary N) is 1. The summed E-state index contributed by atoms with van der Waals surface area (Å²) in [4.78, 5) is 14.6. The molecule has 2 aromatic carbocycles. The number of amides is 1. The van der Waals surface area contributed by atoms with Gasteiger partial charge in [-0.2, -0.15) is 0 Å². The average Bonchev–Trinajstić information content (AvgIpc) is 3.02. The summed E-state index contributed by atoms with van der Waals surface area (Å²) in [5.74, 6) is -0.182. The molecule has 22 heavy (non-hydrogen) atoms. The van der Waals surface area contributed by atoms with Crippen molar-refractivity contribution in [1.29, 1.82) is 0 Å². The largest absolute Gasteiger partial charge is 0.372 e. The maximum absolute atomic E-state index is 12.3.